The minimum absolute atomic E-state index is 0.0645. The molecule has 0 bridgehead atoms. The molecule has 1 atom stereocenters. The number of carbonyl (C=O) groups is 1. The number of nitrogens with one attached hydrogen (secondary N) is 1. The fraction of sp³-hybridized carbons (Fsp3) is 0.190. The van der Waals surface area contributed by atoms with E-state index in [4.69, 9.17) is 0 Å². The van der Waals surface area contributed by atoms with Crippen molar-refractivity contribution in [2.24, 2.45) is 0 Å². The van der Waals surface area contributed by atoms with E-state index in [9.17, 15) is 4.79 Å². The maximum atomic E-state index is 12.9. The van der Waals surface area contributed by atoms with Crippen LogP contribution in [0.5, 0.6) is 0 Å². The predicted octanol–water partition coefficient (Wildman–Crippen LogP) is 4.23. The number of aryl methyl sites for hydroxylation is 2. The van der Waals surface area contributed by atoms with Gasteiger partial charge in [-0.2, -0.15) is 5.10 Å². The van der Waals surface area contributed by atoms with Crippen LogP contribution in [0.4, 0.5) is 0 Å². The molecule has 3 aromatic heterocycles. The number of benzene rings is 1. The van der Waals surface area contributed by atoms with E-state index in [-0.39, 0.29) is 11.9 Å². The summed E-state index contributed by atoms with van der Waals surface area (Å²) >= 11 is 1.46. The Kier molecular flexibility index (Phi) is 4.83. The number of carbonyl (C=O) groups excluding carboxylic acids is 1. The molecule has 3 heterocycles. The number of amides is 1. The molecule has 6 nitrogen and oxygen atoms in total. The molecule has 1 amide bonds. The highest BCUT2D eigenvalue weighted by molar-refractivity contribution is 7.12. The zero-order chi connectivity index (χ0) is 19.7. The van der Waals surface area contributed by atoms with Crippen LogP contribution in [0.2, 0.25) is 0 Å². The Morgan fingerprint density at radius 1 is 1.07 bits per heavy atom. The maximum absolute atomic E-state index is 12.9. The molecule has 0 radical (unpaired) electrons. The lowest BCUT2D eigenvalue weighted by atomic mass is 10.1. The average molecular weight is 392 g/mol. The molecular formula is C21H21N5OS. The second kappa shape index (κ2) is 7.44. The summed E-state index contributed by atoms with van der Waals surface area (Å²) < 4.78 is 3.82. The standard InChI is InChI=1S/C21H21N5OS/c1-14-4-5-15(2)26(14)19-10-11-28-20(19)21(27)24-16(3)17-6-8-18(9-7-17)25-13-22-12-23-25/h4-13,16H,1-3H3,(H,24,27). The van der Waals surface area contributed by atoms with E-state index in [1.807, 2.05) is 56.5 Å². The van der Waals surface area contributed by atoms with Crippen molar-refractivity contribution in [3.63, 3.8) is 0 Å². The van der Waals surface area contributed by atoms with Crippen LogP contribution in [0.1, 0.15) is 39.6 Å². The first kappa shape index (κ1) is 18.2. The zero-order valence-corrected chi connectivity index (χ0v) is 16.8. The monoisotopic (exact) mass is 391 g/mol. The fourth-order valence-electron chi connectivity index (χ4n) is 3.30. The van der Waals surface area contributed by atoms with Gasteiger partial charge in [-0.25, -0.2) is 9.67 Å². The van der Waals surface area contributed by atoms with Gasteiger partial charge in [0, 0.05) is 11.4 Å². The third-order valence-corrected chi connectivity index (χ3v) is 5.69. The molecular weight excluding hydrogens is 370 g/mol. The SMILES string of the molecule is Cc1ccc(C)n1-c1ccsc1C(=O)NC(C)c1ccc(-n2cncn2)cc1. The summed E-state index contributed by atoms with van der Waals surface area (Å²) in [4.78, 5) is 17.6. The fourth-order valence-corrected chi connectivity index (χ4v) is 4.08. The van der Waals surface area contributed by atoms with Crippen molar-refractivity contribution >= 4 is 17.2 Å². The second-order valence-electron chi connectivity index (χ2n) is 6.71. The molecule has 1 N–H and O–H groups in total. The third kappa shape index (κ3) is 3.36. The van der Waals surface area contributed by atoms with Crippen LogP contribution >= 0.6 is 11.3 Å². The summed E-state index contributed by atoms with van der Waals surface area (Å²) in [6, 6.07) is 13.9. The summed E-state index contributed by atoms with van der Waals surface area (Å²) in [5.41, 5.74) is 5.11. The highest BCUT2D eigenvalue weighted by Gasteiger charge is 2.19. The molecule has 142 valence electrons. The number of thiophene rings is 1. The number of nitrogens with zero attached hydrogens (tertiary/aromatic N) is 4. The van der Waals surface area contributed by atoms with Crippen molar-refractivity contribution in [3.8, 4) is 11.4 Å². The lowest BCUT2D eigenvalue weighted by Crippen LogP contribution is -2.27. The van der Waals surface area contributed by atoms with Crippen LogP contribution in [0.15, 0.2) is 60.5 Å². The highest BCUT2D eigenvalue weighted by Crippen LogP contribution is 2.26. The van der Waals surface area contributed by atoms with E-state index in [1.54, 1.807) is 11.0 Å². The molecule has 0 aliphatic heterocycles. The molecule has 4 rings (SSSR count). The van der Waals surface area contributed by atoms with Crippen LogP contribution in [0.3, 0.4) is 0 Å². The molecule has 1 aromatic carbocycles. The minimum atomic E-state index is -0.112. The Hall–Kier alpha value is -3.19. The van der Waals surface area contributed by atoms with Crippen molar-refractivity contribution in [1.82, 2.24) is 24.6 Å². The zero-order valence-electron chi connectivity index (χ0n) is 16.0. The Labute approximate surface area is 167 Å². The van der Waals surface area contributed by atoms with Crippen molar-refractivity contribution in [2.45, 2.75) is 26.8 Å². The second-order valence-corrected chi connectivity index (χ2v) is 7.63. The van der Waals surface area contributed by atoms with Crippen LogP contribution in [-0.2, 0) is 0 Å². The highest BCUT2D eigenvalue weighted by atomic mass is 32.1. The lowest BCUT2D eigenvalue weighted by molar-refractivity contribution is 0.0944. The third-order valence-electron chi connectivity index (χ3n) is 4.79. The quantitative estimate of drug-likeness (QED) is 0.554. The summed E-state index contributed by atoms with van der Waals surface area (Å²) in [6.07, 6.45) is 3.16. The van der Waals surface area contributed by atoms with Crippen molar-refractivity contribution in [1.29, 1.82) is 0 Å². The van der Waals surface area contributed by atoms with E-state index < -0.39 is 0 Å². The average Bonchev–Trinajstić information content (AvgIpc) is 3.43. The first-order chi connectivity index (χ1) is 13.5. The Bertz CT molecular complexity index is 1070. The van der Waals surface area contributed by atoms with Gasteiger partial charge in [-0.1, -0.05) is 12.1 Å². The topological polar surface area (TPSA) is 64.7 Å². The lowest BCUT2D eigenvalue weighted by Gasteiger charge is -2.16. The molecule has 7 heteroatoms. The summed E-state index contributed by atoms with van der Waals surface area (Å²) in [7, 11) is 0. The number of hydrogen-bond acceptors (Lipinski definition) is 4. The van der Waals surface area contributed by atoms with Gasteiger partial charge in [0.25, 0.3) is 5.91 Å². The van der Waals surface area contributed by atoms with Gasteiger partial charge in [0.1, 0.15) is 17.5 Å². The van der Waals surface area contributed by atoms with E-state index >= 15 is 0 Å². The van der Waals surface area contributed by atoms with Crippen LogP contribution in [0, 0.1) is 13.8 Å². The molecule has 0 saturated carbocycles. The van der Waals surface area contributed by atoms with Crippen molar-refractivity contribution in [2.75, 3.05) is 0 Å². The van der Waals surface area contributed by atoms with Gasteiger partial charge in [0.2, 0.25) is 0 Å². The van der Waals surface area contributed by atoms with Crippen LogP contribution in [0.25, 0.3) is 11.4 Å². The van der Waals surface area contributed by atoms with Crippen LogP contribution < -0.4 is 5.32 Å². The van der Waals surface area contributed by atoms with Gasteiger partial charge in [0.15, 0.2) is 0 Å². The van der Waals surface area contributed by atoms with E-state index in [0.717, 1.165) is 28.3 Å². The molecule has 0 saturated heterocycles. The number of hydrogen-bond donors (Lipinski definition) is 1. The molecule has 0 fully saturated rings. The number of rotatable bonds is 5. The van der Waals surface area contributed by atoms with Gasteiger partial charge in [-0.15, -0.1) is 11.3 Å². The van der Waals surface area contributed by atoms with E-state index in [2.05, 4.69) is 32.1 Å². The summed E-state index contributed by atoms with van der Waals surface area (Å²) in [5, 5.41) is 9.20. The maximum Gasteiger partial charge on any atom is 0.263 e. The Morgan fingerprint density at radius 3 is 2.43 bits per heavy atom. The van der Waals surface area contributed by atoms with Crippen molar-refractivity contribution in [3.05, 3.63) is 82.3 Å². The van der Waals surface area contributed by atoms with Crippen molar-refractivity contribution < 1.29 is 4.79 Å². The van der Waals surface area contributed by atoms with Gasteiger partial charge in [-0.3, -0.25) is 4.79 Å². The van der Waals surface area contributed by atoms with Gasteiger partial charge >= 0.3 is 0 Å². The molecule has 1 unspecified atom stereocenters. The largest absolute Gasteiger partial charge is 0.345 e. The molecule has 0 aliphatic rings. The van der Waals surface area contributed by atoms with Crippen LogP contribution in [-0.4, -0.2) is 25.2 Å². The number of aromatic nitrogens is 4. The Morgan fingerprint density at radius 2 is 1.79 bits per heavy atom. The minimum Gasteiger partial charge on any atom is -0.345 e. The Balaban J connectivity index is 1.52. The summed E-state index contributed by atoms with van der Waals surface area (Å²) in [5.74, 6) is -0.0645. The smallest absolute Gasteiger partial charge is 0.263 e. The van der Waals surface area contributed by atoms with Gasteiger partial charge < -0.3 is 9.88 Å². The van der Waals surface area contributed by atoms with Gasteiger partial charge in [-0.05, 0) is 62.0 Å². The predicted molar refractivity (Wildman–Crippen MR) is 110 cm³/mol. The van der Waals surface area contributed by atoms with E-state index in [1.165, 1.54) is 17.7 Å². The molecule has 4 aromatic rings. The molecule has 0 aliphatic carbocycles. The van der Waals surface area contributed by atoms with Gasteiger partial charge in [0.05, 0.1) is 17.4 Å². The van der Waals surface area contributed by atoms with E-state index in [0.29, 0.717) is 4.88 Å². The molecule has 0 spiro atoms. The molecule has 28 heavy (non-hydrogen) atoms. The first-order valence-corrected chi connectivity index (χ1v) is 9.91. The normalized spacial score (nSPS) is 12.1. The summed E-state index contributed by atoms with van der Waals surface area (Å²) in [6.45, 7) is 6.08. The first-order valence-electron chi connectivity index (χ1n) is 9.03.